The molecule has 2 rings (SSSR count). The quantitative estimate of drug-likeness (QED) is 0.355. The lowest BCUT2D eigenvalue weighted by Crippen LogP contribution is -2.52. The van der Waals surface area contributed by atoms with Crippen molar-refractivity contribution in [2.24, 2.45) is 11.8 Å². The largest absolute Gasteiger partial charge is 0.354 e. The monoisotopic (exact) mass is 480 g/mol. The molecule has 6 nitrogen and oxygen atoms in total. The van der Waals surface area contributed by atoms with E-state index in [1.165, 1.54) is 13.3 Å². The minimum atomic E-state index is -0.209. The molecule has 2 heterocycles. The molecule has 0 aliphatic carbocycles. The molecule has 0 aromatic carbocycles. The Hall–Kier alpha value is -2.31. The van der Waals surface area contributed by atoms with Crippen LogP contribution in [0.5, 0.6) is 0 Å². The van der Waals surface area contributed by atoms with Gasteiger partial charge in [-0.25, -0.2) is 9.37 Å². The van der Waals surface area contributed by atoms with Gasteiger partial charge in [0.2, 0.25) is 5.95 Å². The van der Waals surface area contributed by atoms with Gasteiger partial charge in [-0.2, -0.15) is 4.98 Å². The van der Waals surface area contributed by atoms with E-state index >= 15 is 0 Å². The van der Waals surface area contributed by atoms with E-state index in [4.69, 9.17) is 4.98 Å². The molecule has 0 bridgehead atoms. The number of hydrogen-bond donors (Lipinski definition) is 2. The Morgan fingerprint density at radius 2 is 1.74 bits per heavy atom. The van der Waals surface area contributed by atoms with E-state index in [9.17, 15) is 4.39 Å². The minimum Gasteiger partial charge on any atom is -0.354 e. The fraction of sp³-hybridized carbons (Fsp3) is 0.704. The SMILES string of the molecule is C/C(F)=C(\C)NC1N(C)c2cnc(NCC(C)C)nc2N1CC(C)C.C=CCCC.CC.CC. The molecule has 0 saturated heterocycles. The average Bonchev–Trinajstić information content (AvgIpc) is 3.06. The second-order valence-corrected chi connectivity index (χ2v) is 8.59. The second kappa shape index (κ2) is 19.0. The number of allylic oxidation sites excluding steroid dienone is 3. The van der Waals surface area contributed by atoms with E-state index in [0.717, 1.165) is 31.0 Å². The zero-order valence-corrected chi connectivity index (χ0v) is 24.1. The lowest BCUT2D eigenvalue weighted by Gasteiger charge is -2.32. The van der Waals surface area contributed by atoms with Crippen LogP contribution in [0, 0.1) is 11.8 Å². The first kappa shape index (κ1) is 33.9. The zero-order chi connectivity index (χ0) is 26.8. The van der Waals surface area contributed by atoms with Gasteiger partial charge in [-0.05, 0) is 32.1 Å². The van der Waals surface area contributed by atoms with Crippen LogP contribution in [0.3, 0.4) is 0 Å². The number of unbranched alkanes of at least 4 members (excludes halogenated alkanes) is 1. The molecule has 1 unspecified atom stereocenters. The Morgan fingerprint density at radius 3 is 2.15 bits per heavy atom. The number of halogens is 1. The fourth-order valence-electron chi connectivity index (χ4n) is 2.92. The van der Waals surface area contributed by atoms with Gasteiger partial charge in [0.15, 0.2) is 12.1 Å². The Labute approximate surface area is 210 Å². The van der Waals surface area contributed by atoms with E-state index in [2.05, 4.69) is 66.6 Å². The molecule has 1 aliphatic heterocycles. The molecule has 7 heteroatoms. The van der Waals surface area contributed by atoms with Gasteiger partial charge in [-0.15, -0.1) is 6.58 Å². The standard InChI is InChI=1S/C18H31FN6.C5H10.2C2H6/c1-11(2)8-20-17-21-9-15-16(23-17)25(10-12(3)4)18(24(15)7)22-14(6)13(5)19;1-3-5-4-2;2*1-2/h9,11-12,18,22H,8,10H2,1-7H3,(H,20,21,23);3H,1,4-5H2,2H3;2*1-2H3/b14-13-;;;. The summed E-state index contributed by atoms with van der Waals surface area (Å²) in [6, 6.07) is 0. The summed E-state index contributed by atoms with van der Waals surface area (Å²) < 4.78 is 13.6. The summed E-state index contributed by atoms with van der Waals surface area (Å²) in [4.78, 5) is 13.4. The first-order valence-corrected chi connectivity index (χ1v) is 12.9. The van der Waals surface area contributed by atoms with Crippen LogP contribution in [0.4, 0.5) is 21.8 Å². The smallest absolute Gasteiger partial charge is 0.224 e. The molecule has 0 amide bonds. The minimum absolute atomic E-state index is 0.183. The van der Waals surface area contributed by atoms with Gasteiger partial charge >= 0.3 is 0 Å². The van der Waals surface area contributed by atoms with Crippen LogP contribution in [0.25, 0.3) is 0 Å². The van der Waals surface area contributed by atoms with E-state index in [-0.39, 0.29) is 12.1 Å². The predicted octanol–water partition coefficient (Wildman–Crippen LogP) is 7.58. The third-order valence-corrected chi connectivity index (χ3v) is 4.65. The number of anilines is 3. The topological polar surface area (TPSA) is 56.3 Å². The average molecular weight is 481 g/mol. The van der Waals surface area contributed by atoms with Gasteiger partial charge in [0.25, 0.3) is 0 Å². The second-order valence-electron chi connectivity index (χ2n) is 8.59. The van der Waals surface area contributed by atoms with E-state index in [1.54, 1.807) is 6.92 Å². The highest BCUT2D eigenvalue weighted by molar-refractivity contribution is 5.73. The van der Waals surface area contributed by atoms with Gasteiger partial charge in [-0.3, -0.25) is 0 Å². The molecule has 198 valence electrons. The van der Waals surface area contributed by atoms with Crippen LogP contribution in [-0.4, -0.2) is 36.4 Å². The number of aromatic nitrogens is 2. The highest BCUT2D eigenvalue weighted by Gasteiger charge is 2.36. The molecule has 2 N–H and O–H groups in total. The fourth-order valence-corrected chi connectivity index (χ4v) is 2.92. The molecular formula is C27H53FN6. The first-order valence-electron chi connectivity index (χ1n) is 12.9. The van der Waals surface area contributed by atoms with E-state index in [0.29, 0.717) is 23.5 Å². The number of hydrogen-bond acceptors (Lipinski definition) is 6. The van der Waals surface area contributed by atoms with Crippen LogP contribution in [0.2, 0.25) is 0 Å². The third-order valence-electron chi connectivity index (χ3n) is 4.65. The Kier molecular flexibility index (Phi) is 19.0. The summed E-state index contributed by atoms with van der Waals surface area (Å²) in [6.45, 7) is 27.2. The molecule has 1 aliphatic rings. The summed E-state index contributed by atoms with van der Waals surface area (Å²) >= 11 is 0. The highest BCUT2D eigenvalue weighted by atomic mass is 19.1. The van der Waals surface area contributed by atoms with Crippen molar-refractivity contribution in [3.8, 4) is 0 Å². The molecule has 0 radical (unpaired) electrons. The number of nitrogens with one attached hydrogen (secondary N) is 2. The lowest BCUT2D eigenvalue weighted by atomic mass is 10.2. The maximum atomic E-state index is 13.6. The van der Waals surface area contributed by atoms with Gasteiger partial charge < -0.3 is 20.4 Å². The molecule has 1 atom stereocenters. The molecule has 1 aromatic heterocycles. The van der Waals surface area contributed by atoms with Crippen molar-refractivity contribution in [3.63, 3.8) is 0 Å². The molecule has 1 aromatic rings. The predicted molar refractivity (Wildman–Crippen MR) is 150 cm³/mol. The van der Waals surface area contributed by atoms with E-state index in [1.807, 2.05) is 47.0 Å². The zero-order valence-electron chi connectivity index (χ0n) is 24.1. The normalized spacial score (nSPS) is 14.6. The summed E-state index contributed by atoms with van der Waals surface area (Å²) in [5.41, 5.74) is 1.47. The summed E-state index contributed by atoms with van der Waals surface area (Å²) in [5.74, 6) is 2.25. The summed E-state index contributed by atoms with van der Waals surface area (Å²) in [5, 5.41) is 6.55. The van der Waals surface area contributed by atoms with Crippen LogP contribution in [0.1, 0.15) is 89.0 Å². The first-order chi connectivity index (χ1) is 16.1. The third kappa shape index (κ3) is 11.7. The van der Waals surface area contributed by atoms with E-state index < -0.39 is 0 Å². The van der Waals surface area contributed by atoms with Gasteiger partial charge in [-0.1, -0.05) is 74.8 Å². The Balaban J connectivity index is 0. The van der Waals surface area contributed by atoms with Gasteiger partial charge in [0, 0.05) is 25.8 Å². The summed E-state index contributed by atoms with van der Waals surface area (Å²) in [6.07, 6.45) is 5.96. The van der Waals surface area contributed by atoms with Crippen molar-refractivity contribution in [1.82, 2.24) is 15.3 Å². The maximum Gasteiger partial charge on any atom is 0.224 e. The molecule has 0 saturated carbocycles. The molecule has 0 spiro atoms. The van der Waals surface area contributed by atoms with Crippen molar-refractivity contribution in [3.05, 3.63) is 30.4 Å². The van der Waals surface area contributed by atoms with Crippen LogP contribution < -0.4 is 20.4 Å². The highest BCUT2D eigenvalue weighted by Crippen LogP contribution is 2.37. The van der Waals surface area contributed by atoms with Crippen LogP contribution in [0.15, 0.2) is 30.4 Å². The molecule has 34 heavy (non-hydrogen) atoms. The van der Waals surface area contributed by atoms with Crippen molar-refractivity contribution >= 4 is 17.5 Å². The number of fused-ring (bicyclic) bond motifs is 1. The van der Waals surface area contributed by atoms with Gasteiger partial charge in [0.05, 0.1) is 6.20 Å². The number of rotatable bonds is 9. The molecule has 0 fully saturated rings. The Bertz CT molecular complexity index is 698. The van der Waals surface area contributed by atoms with Crippen LogP contribution >= 0.6 is 0 Å². The molecular weight excluding hydrogens is 427 g/mol. The van der Waals surface area contributed by atoms with Crippen molar-refractivity contribution in [1.29, 1.82) is 0 Å². The maximum absolute atomic E-state index is 13.6. The van der Waals surface area contributed by atoms with Crippen molar-refractivity contribution in [2.45, 2.75) is 95.3 Å². The summed E-state index contributed by atoms with van der Waals surface area (Å²) in [7, 11) is 1.97. The van der Waals surface area contributed by atoms with Crippen molar-refractivity contribution < 1.29 is 4.39 Å². The Morgan fingerprint density at radius 1 is 1.15 bits per heavy atom. The number of nitrogens with zero attached hydrogens (tertiary/aromatic N) is 4. The van der Waals surface area contributed by atoms with Gasteiger partial charge in [0.1, 0.15) is 11.5 Å². The van der Waals surface area contributed by atoms with Crippen LogP contribution in [-0.2, 0) is 0 Å². The van der Waals surface area contributed by atoms with Crippen molar-refractivity contribution in [2.75, 3.05) is 35.3 Å². The lowest BCUT2D eigenvalue weighted by molar-refractivity contribution is 0.487.